The molecule has 0 aliphatic heterocycles. The predicted octanol–water partition coefficient (Wildman–Crippen LogP) is 3.60. The standard InChI is InChI=1S/C17H28N2/c1-14(2)18-13-17(15-9-5-4-6-10-15)19(3)16-11-7-8-12-16/h4-6,9-10,14,16-18H,7-8,11-13H2,1-3H3. The molecule has 1 saturated carbocycles. The van der Waals surface area contributed by atoms with Crippen molar-refractivity contribution >= 4 is 0 Å². The lowest BCUT2D eigenvalue weighted by Crippen LogP contribution is -2.40. The van der Waals surface area contributed by atoms with Crippen molar-refractivity contribution in [2.24, 2.45) is 0 Å². The summed E-state index contributed by atoms with van der Waals surface area (Å²) >= 11 is 0. The number of nitrogens with one attached hydrogen (secondary N) is 1. The highest BCUT2D eigenvalue weighted by Gasteiger charge is 2.26. The van der Waals surface area contributed by atoms with Gasteiger partial charge < -0.3 is 5.32 Å². The molecule has 2 heteroatoms. The van der Waals surface area contributed by atoms with Gasteiger partial charge in [0.15, 0.2) is 0 Å². The highest BCUT2D eigenvalue weighted by molar-refractivity contribution is 5.19. The third kappa shape index (κ3) is 4.05. The molecule has 1 aliphatic carbocycles. The lowest BCUT2D eigenvalue weighted by atomic mass is 10.0. The third-order valence-electron chi connectivity index (χ3n) is 4.30. The molecule has 0 radical (unpaired) electrons. The van der Waals surface area contributed by atoms with Crippen molar-refractivity contribution in [3.63, 3.8) is 0 Å². The van der Waals surface area contributed by atoms with Gasteiger partial charge in [-0.15, -0.1) is 0 Å². The van der Waals surface area contributed by atoms with E-state index in [4.69, 9.17) is 0 Å². The number of hydrogen-bond acceptors (Lipinski definition) is 2. The summed E-state index contributed by atoms with van der Waals surface area (Å²) in [6.07, 6.45) is 5.52. The highest BCUT2D eigenvalue weighted by Crippen LogP contribution is 2.29. The van der Waals surface area contributed by atoms with Crippen molar-refractivity contribution in [1.29, 1.82) is 0 Å². The first-order chi connectivity index (χ1) is 9.18. The van der Waals surface area contributed by atoms with E-state index < -0.39 is 0 Å². The van der Waals surface area contributed by atoms with E-state index in [1.165, 1.54) is 31.2 Å². The van der Waals surface area contributed by atoms with E-state index in [1.807, 2.05) is 0 Å². The molecule has 2 nitrogen and oxygen atoms in total. The highest BCUT2D eigenvalue weighted by atomic mass is 15.2. The molecule has 0 heterocycles. The first-order valence-electron chi connectivity index (χ1n) is 7.68. The molecule has 1 atom stereocenters. The molecule has 1 unspecified atom stereocenters. The van der Waals surface area contributed by atoms with Crippen molar-refractivity contribution in [3.8, 4) is 0 Å². The zero-order valence-corrected chi connectivity index (χ0v) is 12.6. The molecule has 106 valence electrons. The maximum Gasteiger partial charge on any atom is 0.0472 e. The van der Waals surface area contributed by atoms with Gasteiger partial charge in [0.25, 0.3) is 0 Å². The summed E-state index contributed by atoms with van der Waals surface area (Å²) in [5.74, 6) is 0. The zero-order valence-electron chi connectivity index (χ0n) is 12.6. The second-order valence-electron chi connectivity index (χ2n) is 6.09. The van der Waals surface area contributed by atoms with Crippen LogP contribution in [0.4, 0.5) is 0 Å². The molecule has 1 fully saturated rings. The molecular formula is C17H28N2. The SMILES string of the molecule is CC(C)NCC(c1ccccc1)N(C)C1CCCC1. The van der Waals surface area contributed by atoms with E-state index in [9.17, 15) is 0 Å². The monoisotopic (exact) mass is 260 g/mol. The Balaban J connectivity index is 2.08. The summed E-state index contributed by atoms with van der Waals surface area (Å²) in [5, 5.41) is 3.61. The van der Waals surface area contributed by atoms with Crippen LogP contribution in [0.1, 0.15) is 51.1 Å². The molecule has 1 aromatic rings. The van der Waals surface area contributed by atoms with Crippen LogP contribution in [0.25, 0.3) is 0 Å². The van der Waals surface area contributed by atoms with E-state index in [0.29, 0.717) is 12.1 Å². The number of likely N-dealkylation sites (N-methyl/N-ethyl adjacent to an activating group) is 1. The van der Waals surface area contributed by atoms with Crippen LogP contribution in [0, 0.1) is 0 Å². The molecule has 1 N–H and O–H groups in total. The fourth-order valence-corrected chi connectivity index (χ4v) is 3.09. The van der Waals surface area contributed by atoms with Crippen LogP contribution in [0.3, 0.4) is 0 Å². The van der Waals surface area contributed by atoms with Gasteiger partial charge >= 0.3 is 0 Å². The van der Waals surface area contributed by atoms with Crippen LogP contribution < -0.4 is 5.32 Å². The first kappa shape index (κ1) is 14.5. The van der Waals surface area contributed by atoms with Crippen molar-refractivity contribution in [2.45, 2.75) is 57.7 Å². The molecule has 0 aromatic heterocycles. The van der Waals surface area contributed by atoms with Gasteiger partial charge in [-0.2, -0.15) is 0 Å². The largest absolute Gasteiger partial charge is 0.313 e. The van der Waals surface area contributed by atoms with Gasteiger partial charge in [0, 0.05) is 24.7 Å². The Morgan fingerprint density at radius 1 is 1.16 bits per heavy atom. The van der Waals surface area contributed by atoms with Crippen LogP contribution in [-0.2, 0) is 0 Å². The van der Waals surface area contributed by atoms with Crippen molar-refractivity contribution in [2.75, 3.05) is 13.6 Å². The van der Waals surface area contributed by atoms with Crippen LogP contribution in [0.5, 0.6) is 0 Å². The number of nitrogens with zero attached hydrogens (tertiary/aromatic N) is 1. The fraction of sp³-hybridized carbons (Fsp3) is 0.647. The normalized spacial score (nSPS) is 18.4. The van der Waals surface area contributed by atoms with Crippen LogP contribution in [-0.4, -0.2) is 30.6 Å². The fourth-order valence-electron chi connectivity index (χ4n) is 3.09. The number of rotatable bonds is 6. The summed E-state index contributed by atoms with van der Waals surface area (Å²) in [5.41, 5.74) is 1.44. The Hall–Kier alpha value is -0.860. The van der Waals surface area contributed by atoms with Gasteiger partial charge in [0.2, 0.25) is 0 Å². The first-order valence-corrected chi connectivity index (χ1v) is 7.68. The van der Waals surface area contributed by atoms with Gasteiger partial charge in [-0.05, 0) is 25.5 Å². The Kier molecular flexibility index (Phi) is 5.41. The van der Waals surface area contributed by atoms with Crippen LogP contribution in [0.15, 0.2) is 30.3 Å². The minimum Gasteiger partial charge on any atom is -0.313 e. The van der Waals surface area contributed by atoms with E-state index in [2.05, 4.69) is 61.4 Å². The Morgan fingerprint density at radius 3 is 2.37 bits per heavy atom. The maximum absolute atomic E-state index is 3.61. The Bertz CT molecular complexity index is 355. The Labute approximate surface area is 118 Å². The molecule has 0 bridgehead atoms. The minimum atomic E-state index is 0.492. The van der Waals surface area contributed by atoms with Crippen LogP contribution in [0.2, 0.25) is 0 Å². The lowest BCUT2D eigenvalue weighted by molar-refractivity contribution is 0.169. The molecule has 0 spiro atoms. The van der Waals surface area contributed by atoms with Gasteiger partial charge in [-0.1, -0.05) is 57.0 Å². The van der Waals surface area contributed by atoms with Gasteiger partial charge in [0.1, 0.15) is 0 Å². The second-order valence-corrected chi connectivity index (χ2v) is 6.09. The summed E-state index contributed by atoms with van der Waals surface area (Å²) in [6.45, 7) is 5.48. The predicted molar refractivity (Wildman–Crippen MR) is 82.3 cm³/mol. The topological polar surface area (TPSA) is 15.3 Å². The third-order valence-corrected chi connectivity index (χ3v) is 4.30. The smallest absolute Gasteiger partial charge is 0.0472 e. The summed E-state index contributed by atoms with van der Waals surface area (Å²) in [4.78, 5) is 2.59. The average Bonchev–Trinajstić information content (AvgIpc) is 2.93. The van der Waals surface area contributed by atoms with Gasteiger partial charge in [-0.25, -0.2) is 0 Å². The molecule has 0 amide bonds. The molecule has 2 rings (SSSR count). The van der Waals surface area contributed by atoms with E-state index in [1.54, 1.807) is 0 Å². The molecule has 0 saturated heterocycles. The molecule has 1 aromatic carbocycles. The summed E-state index contributed by atoms with van der Waals surface area (Å²) in [7, 11) is 2.30. The Morgan fingerprint density at radius 2 is 1.79 bits per heavy atom. The molecule has 19 heavy (non-hydrogen) atoms. The number of benzene rings is 1. The average molecular weight is 260 g/mol. The lowest BCUT2D eigenvalue weighted by Gasteiger charge is -2.34. The zero-order chi connectivity index (χ0) is 13.7. The summed E-state index contributed by atoms with van der Waals surface area (Å²) < 4.78 is 0. The molecule has 1 aliphatic rings. The minimum absolute atomic E-state index is 0.492. The number of hydrogen-bond donors (Lipinski definition) is 1. The van der Waals surface area contributed by atoms with E-state index >= 15 is 0 Å². The second kappa shape index (κ2) is 7.06. The van der Waals surface area contributed by atoms with Gasteiger partial charge in [0.05, 0.1) is 0 Å². The van der Waals surface area contributed by atoms with Crippen molar-refractivity contribution in [3.05, 3.63) is 35.9 Å². The molecular weight excluding hydrogens is 232 g/mol. The van der Waals surface area contributed by atoms with E-state index in [-0.39, 0.29) is 0 Å². The van der Waals surface area contributed by atoms with Gasteiger partial charge in [-0.3, -0.25) is 4.90 Å². The van der Waals surface area contributed by atoms with E-state index in [0.717, 1.165) is 12.6 Å². The maximum atomic E-state index is 3.61. The van der Waals surface area contributed by atoms with Crippen LogP contribution >= 0.6 is 0 Å². The van der Waals surface area contributed by atoms with Crippen molar-refractivity contribution in [1.82, 2.24) is 10.2 Å². The quantitative estimate of drug-likeness (QED) is 0.840. The summed E-state index contributed by atoms with van der Waals surface area (Å²) in [6, 6.07) is 12.7. The van der Waals surface area contributed by atoms with Crippen molar-refractivity contribution < 1.29 is 0 Å².